The van der Waals surface area contributed by atoms with Crippen molar-refractivity contribution in [2.24, 2.45) is 5.41 Å². The molecule has 0 radical (unpaired) electrons. The van der Waals surface area contributed by atoms with E-state index >= 15 is 0 Å². The third-order valence-corrected chi connectivity index (χ3v) is 5.35. The fourth-order valence-electron chi connectivity index (χ4n) is 3.79. The maximum Gasteiger partial charge on any atom is 0.243 e. The van der Waals surface area contributed by atoms with Gasteiger partial charge in [-0.15, -0.1) is 0 Å². The summed E-state index contributed by atoms with van der Waals surface area (Å²) in [6, 6.07) is 4.33. The summed E-state index contributed by atoms with van der Waals surface area (Å²) in [5.74, 6) is 2.13. The largest absolute Gasteiger partial charge is 0.353 e. The minimum absolute atomic E-state index is 0.0360. The number of amides is 1. The van der Waals surface area contributed by atoms with Gasteiger partial charge in [-0.25, -0.2) is 9.97 Å². The molecule has 134 valence electrons. The Morgan fingerprint density at radius 3 is 2.40 bits per heavy atom. The molecule has 3 rings (SSSR count). The number of hydrogen-bond donors (Lipinski definition) is 0. The van der Waals surface area contributed by atoms with E-state index in [9.17, 15) is 10.1 Å². The third kappa shape index (κ3) is 3.46. The summed E-state index contributed by atoms with van der Waals surface area (Å²) < 4.78 is 0. The number of nitrogens with zero attached hydrogens (tertiary/aromatic N) is 5. The monoisotopic (exact) mass is 341 g/mol. The van der Waals surface area contributed by atoms with Crippen molar-refractivity contribution in [3.05, 3.63) is 17.6 Å². The highest BCUT2D eigenvalue weighted by molar-refractivity contribution is 5.86. The average Bonchev–Trinajstić information content (AvgIpc) is 3.11. The van der Waals surface area contributed by atoms with Crippen LogP contribution in [0.25, 0.3) is 0 Å². The normalized spacial score (nSPS) is 20.0. The Hall–Kier alpha value is -2.16. The molecular formula is C19H27N5O. The van der Waals surface area contributed by atoms with Crippen molar-refractivity contribution in [1.29, 1.82) is 5.26 Å². The summed E-state index contributed by atoms with van der Waals surface area (Å²) >= 11 is 0. The Bertz CT molecular complexity index is 680. The predicted molar refractivity (Wildman–Crippen MR) is 96.2 cm³/mol. The zero-order chi connectivity index (χ0) is 18.0. The summed E-state index contributed by atoms with van der Waals surface area (Å²) in [5.41, 5.74) is 0.208. The number of hydrogen-bond acceptors (Lipinski definition) is 5. The van der Waals surface area contributed by atoms with Crippen molar-refractivity contribution in [2.75, 3.05) is 31.1 Å². The van der Waals surface area contributed by atoms with Gasteiger partial charge in [-0.3, -0.25) is 4.79 Å². The van der Waals surface area contributed by atoms with Gasteiger partial charge in [0, 0.05) is 43.9 Å². The predicted octanol–water partition coefficient (Wildman–Crippen LogP) is 2.64. The molecule has 1 amide bonds. The molecule has 1 saturated heterocycles. The molecule has 2 aliphatic rings. The Morgan fingerprint density at radius 1 is 1.20 bits per heavy atom. The molecule has 0 N–H and O–H groups in total. The average molecular weight is 341 g/mol. The lowest BCUT2D eigenvalue weighted by Gasteiger charge is -2.38. The van der Waals surface area contributed by atoms with Crippen LogP contribution in [-0.2, 0) is 4.79 Å². The second-order valence-electron chi connectivity index (χ2n) is 7.56. The maximum absolute atomic E-state index is 12.9. The smallest absolute Gasteiger partial charge is 0.243 e. The quantitative estimate of drug-likeness (QED) is 0.845. The van der Waals surface area contributed by atoms with Gasteiger partial charge < -0.3 is 9.80 Å². The van der Waals surface area contributed by atoms with E-state index in [4.69, 9.17) is 4.98 Å². The highest BCUT2D eigenvalue weighted by atomic mass is 16.2. The van der Waals surface area contributed by atoms with Gasteiger partial charge in [-0.05, 0) is 19.8 Å². The van der Waals surface area contributed by atoms with Crippen LogP contribution in [0.2, 0.25) is 0 Å². The summed E-state index contributed by atoms with van der Waals surface area (Å²) in [6.07, 6.45) is 3.39. The van der Waals surface area contributed by atoms with Crippen LogP contribution in [0, 0.1) is 23.7 Å². The van der Waals surface area contributed by atoms with Gasteiger partial charge in [0.05, 0.1) is 6.07 Å². The van der Waals surface area contributed by atoms with Crippen LogP contribution in [0.15, 0.2) is 6.07 Å². The van der Waals surface area contributed by atoms with Crippen molar-refractivity contribution < 1.29 is 4.79 Å². The lowest BCUT2D eigenvalue weighted by atomic mass is 9.86. The first-order chi connectivity index (χ1) is 11.9. The van der Waals surface area contributed by atoms with Crippen LogP contribution in [0.4, 0.5) is 5.82 Å². The minimum atomic E-state index is -0.765. The molecule has 0 aromatic carbocycles. The molecule has 1 aromatic heterocycles. The number of rotatable bonds is 3. The molecule has 2 fully saturated rings. The van der Waals surface area contributed by atoms with E-state index in [-0.39, 0.29) is 5.91 Å². The molecule has 2 heterocycles. The first-order valence-corrected chi connectivity index (χ1v) is 9.26. The number of piperazine rings is 1. The van der Waals surface area contributed by atoms with E-state index in [2.05, 4.69) is 29.8 Å². The molecule has 0 atom stereocenters. The zero-order valence-corrected chi connectivity index (χ0v) is 15.5. The van der Waals surface area contributed by atoms with Gasteiger partial charge in [-0.1, -0.05) is 26.7 Å². The van der Waals surface area contributed by atoms with Crippen molar-refractivity contribution in [1.82, 2.24) is 14.9 Å². The van der Waals surface area contributed by atoms with Gasteiger partial charge in [-0.2, -0.15) is 5.26 Å². The van der Waals surface area contributed by atoms with E-state index in [1.165, 1.54) is 0 Å². The molecule has 1 saturated carbocycles. The molecule has 0 unspecified atom stereocenters. The van der Waals surface area contributed by atoms with Crippen LogP contribution in [0.1, 0.15) is 57.0 Å². The topological polar surface area (TPSA) is 73.1 Å². The van der Waals surface area contributed by atoms with Crippen molar-refractivity contribution in [2.45, 2.75) is 52.4 Å². The summed E-state index contributed by atoms with van der Waals surface area (Å²) in [6.45, 7) is 9.00. The Morgan fingerprint density at radius 2 is 1.84 bits per heavy atom. The second kappa shape index (κ2) is 6.99. The maximum atomic E-state index is 12.9. The Kier molecular flexibility index (Phi) is 4.94. The van der Waals surface area contributed by atoms with Crippen molar-refractivity contribution in [3.63, 3.8) is 0 Å². The number of anilines is 1. The fraction of sp³-hybridized carbons (Fsp3) is 0.684. The summed E-state index contributed by atoms with van der Waals surface area (Å²) in [4.78, 5) is 26.1. The molecule has 1 aliphatic heterocycles. The highest BCUT2D eigenvalue weighted by Crippen LogP contribution is 2.39. The van der Waals surface area contributed by atoms with Gasteiger partial charge in [0.1, 0.15) is 17.1 Å². The molecule has 1 aliphatic carbocycles. The van der Waals surface area contributed by atoms with Gasteiger partial charge in [0.25, 0.3) is 0 Å². The number of aryl methyl sites for hydroxylation is 1. The molecule has 6 nitrogen and oxygen atoms in total. The van der Waals surface area contributed by atoms with Crippen LogP contribution in [0.3, 0.4) is 0 Å². The summed E-state index contributed by atoms with van der Waals surface area (Å²) in [5, 5.41) is 9.54. The first-order valence-electron chi connectivity index (χ1n) is 9.26. The van der Waals surface area contributed by atoms with Crippen LogP contribution in [0.5, 0.6) is 0 Å². The lowest BCUT2D eigenvalue weighted by molar-refractivity contribution is -0.139. The van der Waals surface area contributed by atoms with E-state index in [0.29, 0.717) is 31.8 Å². The zero-order valence-electron chi connectivity index (χ0n) is 15.5. The lowest BCUT2D eigenvalue weighted by Crippen LogP contribution is -2.52. The Balaban J connectivity index is 1.68. The second-order valence-corrected chi connectivity index (χ2v) is 7.56. The van der Waals surface area contributed by atoms with E-state index in [0.717, 1.165) is 43.3 Å². The number of nitriles is 1. The van der Waals surface area contributed by atoms with E-state index in [1.807, 2.05) is 17.9 Å². The molecular weight excluding hydrogens is 314 g/mol. The molecule has 1 aromatic rings. The number of carbonyl (C=O) groups excluding carboxylic acids is 1. The van der Waals surface area contributed by atoms with Crippen LogP contribution in [-0.4, -0.2) is 47.0 Å². The molecule has 0 bridgehead atoms. The van der Waals surface area contributed by atoms with Crippen molar-refractivity contribution in [3.8, 4) is 6.07 Å². The van der Waals surface area contributed by atoms with Crippen LogP contribution < -0.4 is 4.90 Å². The molecule has 6 heteroatoms. The van der Waals surface area contributed by atoms with Gasteiger partial charge in [0.2, 0.25) is 5.91 Å². The standard InChI is InChI=1S/C19H27N5O/c1-14(2)17-21-15(3)12-16(22-17)23-8-10-24(11-9-23)18(25)19(13-20)6-4-5-7-19/h12,14H,4-11H2,1-3H3. The summed E-state index contributed by atoms with van der Waals surface area (Å²) in [7, 11) is 0. The molecule has 25 heavy (non-hydrogen) atoms. The number of aromatic nitrogens is 2. The molecule has 0 spiro atoms. The minimum Gasteiger partial charge on any atom is -0.353 e. The van der Waals surface area contributed by atoms with Gasteiger partial charge in [0.15, 0.2) is 0 Å². The van der Waals surface area contributed by atoms with Crippen LogP contribution >= 0.6 is 0 Å². The first kappa shape index (κ1) is 17.7. The third-order valence-electron chi connectivity index (χ3n) is 5.35. The highest BCUT2D eigenvalue weighted by Gasteiger charge is 2.44. The van der Waals surface area contributed by atoms with E-state index in [1.54, 1.807) is 0 Å². The Labute approximate surface area is 149 Å². The van der Waals surface area contributed by atoms with Gasteiger partial charge >= 0.3 is 0 Å². The fourth-order valence-corrected chi connectivity index (χ4v) is 3.79. The SMILES string of the molecule is Cc1cc(N2CCN(C(=O)C3(C#N)CCCC3)CC2)nc(C(C)C)n1. The van der Waals surface area contributed by atoms with Crippen molar-refractivity contribution >= 4 is 11.7 Å². The van der Waals surface area contributed by atoms with E-state index < -0.39 is 5.41 Å². The number of carbonyl (C=O) groups is 1.